The molecule has 1 aromatic carbocycles. The van der Waals surface area contributed by atoms with Gasteiger partial charge in [-0.2, -0.15) is 0 Å². The standard InChI is InChI=1S/C15H18BrNO3/c1-4-17-14(11-7-8-20-15(11)16)10-5-6-12(18-2)13(9-10)19-3/h5-9,14,17H,4H2,1-3H3. The average Bonchev–Trinajstić information content (AvgIpc) is 2.90. The maximum atomic E-state index is 5.36. The molecule has 0 saturated carbocycles. The average molecular weight is 340 g/mol. The van der Waals surface area contributed by atoms with Crippen molar-refractivity contribution in [1.29, 1.82) is 0 Å². The molecule has 0 aliphatic carbocycles. The maximum Gasteiger partial charge on any atom is 0.174 e. The Morgan fingerprint density at radius 2 is 1.95 bits per heavy atom. The van der Waals surface area contributed by atoms with Crippen molar-refractivity contribution in [1.82, 2.24) is 5.32 Å². The lowest BCUT2D eigenvalue weighted by Crippen LogP contribution is -2.21. The van der Waals surface area contributed by atoms with E-state index in [1.165, 1.54) is 0 Å². The Hall–Kier alpha value is -1.46. The second-order valence-electron chi connectivity index (χ2n) is 4.25. The van der Waals surface area contributed by atoms with Gasteiger partial charge in [0.05, 0.1) is 26.5 Å². The molecule has 1 unspecified atom stereocenters. The van der Waals surface area contributed by atoms with Gasteiger partial charge in [0, 0.05) is 5.56 Å². The van der Waals surface area contributed by atoms with Crippen LogP contribution < -0.4 is 14.8 Å². The summed E-state index contributed by atoms with van der Waals surface area (Å²) in [6, 6.07) is 7.90. The van der Waals surface area contributed by atoms with Crippen LogP contribution in [-0.2, 0) is 0 Å². The van der Waals surface area contributed by atoms with E-state index in [0.717, 1.165) is 28.1 Å². The minimum atomic E-state index is 0.0351. The highest BCUT2D eigenvalue weighted by molar-refractivity contribution is 9.10. The molecule has 0 bridgehead atoms. The second kappa shape index (κ2) is 6.81. The molecule has 1 heterocycles. The van der Waals surface area contributed by atoms with Gasteiger partial charge < -0.3 is 19.2 Å². The molecular weight excluding hydrogens is 322 g/mol. The first-order valence-electron chi connectivity index (χ1n) is 6.39. The van der Waals surface area contributed by atoms with E-state index in [-0.39, 0.29) is 6.04 Å². The first kappa shape index (κ1) is 14.9. The molecular formula is C15H18BrNO3. The molecule has 0 spiro atoms. The zero-order chi connectivity index (χ0) is 14.5. The van der Waals surface area contributed by atoms with E-state index in [9.17, 15) is 0 Å². The summed E-state index contributed by atoms with van der Waals surface area (Å²) < 4.78 is 16.7. The van der Waals surface area contributed by atoms with Crippen LogP contribution in [0.2, 0.25) is 0 Å². The predicted octanol–water partition coefficient (Wildman–Crippen LogP) is 3.76. The zero-order valence-corrected chi connectivity index (χ0v) is 13.4. The highest BCUT2D eigenvalue weighted by atomic mass is 79.9. The number of nitrogens with one attached hydrogen (secondary N) is 1. The van der Waals surface area contributed by atoms with E-state index in [1.807, 2.05) is 24.3 Å². The minimum Gasteiger partial charge on any atom is -0.493 e. The monoisotopic (exact) mass is 339 g/mol. The fraction of sp³-hybridized carbons (Fsp3) is 0.333. The molecule has 0 saturated heterocycles. The fourth-order valence-corrected chi connectivity index (χ4v) is 2.62. The third kappa shape index (κ3) is 2.99. The summed E-state index contributed by atoms with van der Waals surface area (Å²) in [6.07, 6.45) is 1.67. The number of methoxy groups -OCH3 is 2. The number of benzene rings is 1. The van der Waals surface area contributed by atoms with Gasteiger partial charge in [-0.05, 0) is 46.2 Å². The van der Waals surface area contributed by atoms with E-state index in [0.29, 0.717) is 5.75 Å². The van der Waals surface area contributed by atoms with Gasteiger partial charge >= 0.3 is 0 Å². The Morgan fingerprint density at radius 1 is 1.20 bits per heavy atom. The SMILES string of the molecule is CCNC(c1ccc(OC)c(OC)c1)c1ccoc1Br. The highest BCUT2D eigenvalue weighted by Gasteiger charge is 2.19. The van der Waals surface area contributed by atoms with Gasteiger partial charge in [0.25, 0.3) is 0 Å². The first-order chi connectivity index (χ1) is 9.71. The lowest BCUT2D eigenvalue weighted by Gasteiger charge is -2.19. The number of ether oxygens (including phenoxy) is 2. The number of rotatable bonds is 6. The molecule has 0 fully saturated rings. The van der Waals surface area contributed by atoms with Crippen LogP contribution in [0.5, 0.6) is 11.5 Å². The van der Waals surface area contributed by atoms with Crippen molar-refractivity contribution in [2.45, 2.75) is 13.0 Å². The smallest absolute Gasteiger partial charge is 0.174 e. The fourth-order valence-electron chi connectivity index (χ4n) is 2.15. The molecule has 1 aromatic heterocycles. The summed E-state index contributed by atoms with van der Waals surface area (Å²) in [6.45, 7) is 2.92. The largest absolute Gasteiger partial charge is 0.493 e. The topological polar surface area (TPSA) is 43.6 Å². The molecule has 1 atom stereocenters. The molecule has 108 valence electrons. The zero-order valence-electron chi connectivity index (χ0n) is 11.8. The number of furan rings is 1. The third-order valence-corrected chi connectivity index (χ3v) is 3.75. The van der Waals surface area contributed by atoms with Crippen LogP contribution in [0.4, 0.5) is 0 Å². The Bertz CT molecular complexity index is 568. The Kier molecular flexibility index (Phi) is 5.09. The van der Waals surface area contributed by atoms with Gasteiger partial charge in [-0.1, -0.05) is 13.0 Å². The van der Waals surface area contributed by atoms with Crippen molar-refractivity contribution in [3.8, 4) is 11.5 Å². The molecule has 0 aliphatic rings. The molecule has 1 N–H and O–H groups in total. The van der Waals surface area contributed by atoms with Gasteiger partial charge in [0.1, 0.15) is 0 Å². The van der Waals surface area contributed by atoms with Crippen molar-refractivity contribution in [2.24, 2.45) is 0 Å². The van der Waals surface area contributed by atoms with E-state index in [2.05, 4.69) is 28.2 Å². The van der Waals surface area contributed by atoms with Crippen LogP contribution in [0.25, 0.3) is 0 Å². The minimum absolute atomic E-state index is 0.0351. The maximum absolute atomic E-state index is 5.36. The molecule has 2 aromatic rings. The van der Waals surface area contributed by atoms with Crippen LogP contribution >= 0.6 is 15.9 Å². The predicted molar refractivity (Wildman–Crippen MR) is 81.5 cm³/mol. The molecule has 0 radical (unpaired) electrons. The van der Waals surface area contributed by atoms with Crippen molar-refractivity contribution >= 4 is 15.9 Å². The van der Waals surface area contributed by atoms with E-state index in [1.54, 1.807) is 20.5 Å². The van der Waals surface area contributed by atoms with E-state index in [4.69, 9.17) is 13.9 Å². The molecule has 0 amide bonds. The summed E-state index contributed by atoms with van der Waals surface area (Å²) in [4.78, 5) is 0. The molecule has 20 heavy (non-hydrogen) atoms. The van der Waals surface area contributed by atoms with Crippen molar-refractivity contribution in [3.05, 3.63) is 46.3 Å². The van der Waals surface area contributed by atoms with Crippen molar-refractivity contribution in [3.63, 3.8) is 0 Å². The van der Waals surface area contributed by atoms with Gasteiger partial charge in [-0.25, -0.2) is 0 Å². The van der Waals surface area contributed by atoms with E-state index < -0.39 is 0 Å². The molecule has 5 heteroatoms. The normalized spacial score (nSPS) is 12.2. The van der Waals surface area contributed by atoms with Crippen LogP contribution in [0.15, 0.2) is 39.6 Å². The number of hydrogen-bond donors (Lipinski definition) is 1. The van der Waals surface area contributed by atoms with Gasteiger partial charge in [0.15, 0.2) is 16.2 Å². The van der Waals surface area contributed by atoms with Crippen LogP contribution in [0, 0.1) is 0 Å². The molecule has 2 rings (SSSR count). The summed E-state index contributed by atoms with van der Waals surface area (Å²) in [5.41, 5.74) is 2.14. The van der Waals surface area contributed by atoms with Crippen LogP contribution in [0.3, 0.4) is 0 Å². The third-order valence-electron chi connectivity index (χ3n) is 3.11. The number of hydrogen-bond acceptors (Lipinski definition) is 4. The summed E-state index contributed by atoms with van der Waals surface area (Å²) in [7, 11) is 3.27. The van der Waals surface area contributed by atoms with E-state index >= 15 is 0 Å². The highest BCUT2D eigenvalue weighted by Crippen LogP contribution is 2.34. The van der Waals surface area contributed by atoms with Crippen LogP contribution in [-0.4, -0.2) is 20.8 Å². The quantitative estimate of drug-likeness (QED) is 0.870. The Morgan fingerprint density at radius 3 is 2.50 bits per heavy atom. The summed E-state index contributed by atoms with van der Waals surface area (Å²) >= 11 is 3.44. The van der Waals surface area contributed by atoms with Gasteiger partial charge in [0.2, 0.25) is 0 Å². The van der Waals surface area contributed by atoms with Crippen molar-refractivity contribution in [2.75, 3.05) is 20.8 Å². The lowest BCUT2D eigenvalue weighted by molar-refractivity contribution is 0.354. The number of halogens is 1. The Labute approximate surface area is 127 Å². The van der Waals surface area contributed by atoms with Gasteiger partial charge in [-0.15, -0.1) is 0 Å². The molecule has 4 nitrogen and oxygen atoms in total. The van der Waals surface area contributed by atoms with Crippen molar-refractivity contribution < 1.29 is 13.9 Å². The Balaban J connectivity index is 2.42. The second-order valence-corrected chi connectivity index (χ2v) is 4.97. The van der Waals surface area contributed by atoms with Crippen LogP contribution in [0.1, 0.15) is 24.1 Å². The molecule has 0 aliphatic heterocycles. The lowest BCUT2D eigenvalue weighted by atomic mass is 10.0. The summed E-state index contributed by atoms with van der Waals surface area (Å²) in [5, 5.41) is 3.44. The first-order valence-corrected chi connectivity index (χ1v) is 7.18. The van der Waals surface area contributed by atoms with Gasteiger partial charge in [-0.3, -0.25) is 0 Å². The summed E-state index contributed by atoms with van der Waals surface area (Å²) in [5.74, 6) is 1.44.